The molecule has 0 aromatic heterocycles. The lowest BCUT2D eigenvalue weighted by molar-refractivity contribution is -0.142. The predicted octanol–water partition coefficient (Wildman–Crippen LogP) is 7.66. The van der Waals surface area contributed by atoms with Crippen molar-refractivity contribution in [2.24, 2.45) is 0 Å². The van der Waals surface area contributed by atoms with E-state index in [4.69, 9.17) is 46.4 Å². The number of fused-ring (bicyclic) bond motifs is 2. The highest BCUT2D eigenvalue weighted by molar-refractivity contribution is 8.76. The molecule has 110 heavy (non-hydrogen) atoms. The van der Waals surface area contributed by atoms with Gasteiger partial charge in [0.05, 0.1) is 34.8 Å². The number of carbonyl (C=O) groups excluding carboxylic acids is 8. The third kappa shape index (κ3) is 24.1. The van der Waals surface area contributed by atoms with Gasteiger partial charge in [-0.3, -0.25) is 57.7 Å². The number of aliphatic carboxylic acids is 4. The summed E-state index contributed by atoms with van der Waals surface area (Å²) in [6.07, 6.45) is 5.13. The Morgan fingerprint density at radius 1 is 0.445 bits per heavy atom. The van der Waals surface area contributed by atoms with E-state index in [1.165, 1.54) is 0 Å². The number of amides is 8. The van der Waals surface area contributed by atoms with Gasteiger partial charge in [-0.05, 0) is 148 Å². The minimum absolute atomic E-state index is 0.0491. The number of carboxylic acid groups (broad SMARTS) is 4. The van der Waals surface area contributed by atoms with Gasteiger partial charge in [-0.15, -0.1) is 23.5 Å². The van der Waals surface area contributed by atoms with E-state index in [-0.39, 0.29) is 48.2 Å². The lowest BCUT2D eigenvalue weighted by atomic mass is 10.0. The molecule has 4 aromatic rings. The molecule has 594 valence electrons. The zero-order chi connectivity index (χ0) is 78.7. The molecule has 4 heterocycles. The second kappa shape index (κ2) is 40.9. The highest BCUT2D eigenvalue weighted by Gasteiger charge is 2.43. The zero-order valence-electron chi connectivity index (χ0n) is 60.3. The van der Waals surface area contributed by atoms with Crippen LogP contribution in [-0.2, 0) is 83.5 Å². The number of rotatable bonds is 41. The van der Waals surface area contributed by atoms with Crippen molar-refractivity contribution >= 4 is 185 Å². The molecule has 0 radical (unpaired) electrons. The Morgan fingerprint density at radius 3 is 1.15 bits per heavy atom. The third-order valence-corrected chi connectivity index (χ3v) is 25.7. The lowest BCUT2D eigenvalue weighted by Gasteiger charge is -2.39. The van der Waals surface area contributed by atoms with Crippen LogP contribution in [0.15, 0.2) is 72.8 Å². The number of nitrogens with one attached hydrogen (secondary N) is 6. The molecule has 6 aliphatic rings. The van der Waals surface area contributed by atoms with Crippen molar-refractivity contribution in [3.63, 3.8) is 0 Å². The Hall–Kier alpha value is -7.40. The molecule has 0 bridgehead atoms. The standard InChI is InChI=1S/C74H90Cl4N12O16S4/c75-49-31-45(35-85-41-107-39-61(85)71(101)89-27-25-87(47-17-18-47)57-11-3-5-13-59(57)89)51(77)29-43(49)9-1-7-15-63(91)81-53(73(103)104)21-23-65(93)83-55(69(99)79-33-67(95)96)37-109-110-38-56(70(100)80-34-68(97)98)84-66(94)24-22-54(74(105)106)82-64(92)16-8-2-10-44-30-52(78)46(32-50(44)76)36-86-42-108-40-62(86)72(102)90-28-26-88(48-19-20-48)58-12-4-6-14-60(58)90/h3-6,11-14,29-32,47-48,53-56,61-62H,1-2,7-10,15-28,33-42H2,(H,79,99)(H,80,100)(H,81,91)(H,82,92)(H,83,93)(H,84,94)(H,95,96)(H,97,98)(H,103,104)(H,105,106)/t53-,54-,55-,56-,61-,62-/m0/s1. The van der Waals surface area contributed by atoms with Crippen LogP contribution in [0.25, 0.3) is 0 Å². The van der Waals surface area contributed by atoms with Crippen LogP contribution in [-0.4, -0.2) is 224 Å². The number of halogens is 4. The molecule has 0 spiro atoms. The number of aryl methyl sites for hydroxylation is 2. The third-order valence-electron chi connectivity index (χ3n) is 19.8. The maximum atomic E-state index is 14.2. The monoisotopic (exact) mass is 1670 g/mol. The van der Waals surface area contributed by atoms with Crippen molar-refractivity contribution in [2.75, 3.05) is 93.6 Å². The molecule has 4 fully saturated rings. The normalized spacial score (nSPS) is 18.1. The second-order valence-corrected chi connectivity index (χ2v) is 34.0. The summed E-state index contributed by atoms with van der Waals surface area (Å²) in [5.74, 6) is -8.40. The van der Waals surface area contributed by atoms with Crippen LogP contribution in [0.1, 0.15) is 112 Å². The molecule has 4 aliphatic heterocycles. The number of hydrogen-bond acceptors (Lipinski definition) is 20. The van der Waals surface area contributed by atoms with E-state index in [1.54, 1.807) is 47.8 Å². The number of hydrogen-bond donors (Lipinski definition) is 10. The van der Waals surface area contributed by atoms with E-state index in [9.17, 15) is 78.0 Å². The molecule has 36 heteroatoms. The fourth-order valence-corrected chi connectivity index (χ4v) is 19.4. The van der Waals surface area contributed by atoms with E-state index >= 15 is 0 Å². The Morgan fingerprint density at radius 2 is 0.791 bits per heavy atom. The summed E-state index contributed by atoms with van der Waals surface area (Å²) >= 11 is 30.7. The largest absolute Gasteiger partial charge is 0.480 e. The molecule has 4 aromatic carbocycles. The van der Waals surface area contributed by atoms with E-state index in [0.717, 1.165) is 105 Å². The van der Waals surface area contributed by atoms with Crippen LogP contribution >= 0.6 is 91.5 Å². The van der Waals surface area contributed by atoms with Crippen LogP contribution in [0.3, 0.4) is 0 Å². The van der Waals surface area contributed by atoms with Gasteiger partial charge in [-0.2, -0.15) is 0 Å². The number of benzene rings is 4. The molecule has 10 rings (SSSR count). The minimum atomic E-state index is -1.52. The quantitative estimate of drug-likeness (QED) is 0.0150. The van der Waals surface area contributed by atoms with Gasteiger partial charge in [0.1, 0.15) is 37.3 Å². The van der Waals surface area contributed by atoms with Crippen LogP contribution in [0.5, 0.6) is 0 Å². The molecule has 8 amide bonds. The molecule has 10 N–H and O–H groups in total. The van der Waals surface area contributed by atoms with Crippen molar-refractivity contribution in [1.82, 2.24) is 41.7 Å². The Kier molecular flexibility index (Phi) is 31.6. The molecule has 6 atom stereocenters. The summed E-state index contributed by atoms with van der Waals surface area (Å²) in [4.78, 5) is 168. The topological polar surface area (TPSA) is 377 Å². The fraction of sp³-hybridized carbons (Fsp3) is 0.514. The SMILES string of the molecule is O=C(O)CNC(=O)[C@H](CSSC[C@H](NC(=O)CC[C@H](NC(=O)CCCCc1cc(Cl)c(CN2CSC[C@H]2C(=O)N2CCN(C3CC3)c3ccccc32)cc1Cl)C(=O)O)C(=O)NCC(=O)O)NC(=O)CC[C@H](NC(=O)CCCCc1cc(Cl)c(CN2CSC[C@H]2C(=O)N2CCN(C3CC3)c3ccccc32)cc1Cl)C(=O)O. The smallest absolute Gasteiger partial charge is 0.326 e. The fourth-order valence-electron chi connectivity index (χ4n) is 13.7. The Balaban J connectivity index is 0.628. The van der Waals surface area contributed by atoms with Gasteiger partial charge in [-0.1, -0.05) is 92.3 Å². The van der Waals surface area contributed by atoms with Crippen molar-refractivity contribution in [2.45, 2.75) is 164 Å². The molecular formula is C74H90Cl4N12O16S4. The van der Waals surface area contributed by atoms with Gasteiger partial charge in [0.2, 0.25) is 47.3 Å². The predicted molar refractivity (Wildman–Crippen MR) is 427 cm³/mol. The molecule has 2 aliphatic carbocycles. The number of carbonyl (C=O) groups is 12. The highest BCUT2D eigenvalue weighted by Crippen LogP contribution is 2.43. The molecule has 2 saturated heterocycles. The summed E-state index contributed by atoms with van der Waals surface area (Å²) in [5, 5.41) is 54.6. The number of carboxylic acids is 4. The van der Waals surface area contributed by atoms with Gasteiger partial charge in [0, 0.05) is 132 Å². The lowest BCUT2D eigenvalue weighted by Crippen LogP contribution is -2.52. The summed E-state index contributed by atoms with van der Waals surface area (Å²) in [5.41, 5.74) is 7.05. The molecule has 0 unspecified atom stereocenters. The molecular weight excluding hydrogens is 1580 g/mol. The van der Waals surface area contributed by atoms with Crippen molar-refractivity contribution in [3.8, 4) is 0 Å². The van der Waals surface area contributed by atoms with Crippen molar-refractivity contribution in [1.29, 1.82) is 0 Å². The minimum Gasteiger partial charge on any atom is -0.480 e. The zero-order valence-corrected chi connectivity index (χ0v) is 66.6. The first-order chi connectivity index (χ1) is 52.8. The van der Waals surface area contributed by atoms with Crippen molar-refractivity contribution in [3.05, 3.63) is 115 Å². The first kappa shape index (κ1) is 85.0. The van der Waals surface area contributed by atoms with Gasteiger partial charge in [0.15, 0.2) is 0 Å². The maximum Gasteiger partial charge on any atom is 0.326 e. The van der Waals surface area contributed by atoms with Crippen LogP contribution in [0.2, 0.25) is 20.1 Å². The maximum absolute atomic E-state index is 14.2. The second-order valence-electron chi connectivity index (χ2n) is 27.8. The molecule has 28 nitrogen and oxygen atoms in total. The summed E-state index contributed by atoms with van der Waals surface area (Å²) < 4.78 is 0. The van der Waals surface area contributed by atoms with E-state index in [1.807, 2.05) is 46.2 Å². The number of unbranched alkanes of at least 4 members (excludes halogenated alkanes) is 2. The number of nitrogens with zero attached hydrogens (tertiary/aromatic N) is 6. The Labute approximate surface area is 673 Å². The summed E-state index contributed by atoms with van der Waals surface area (Å²) in [6.45, 7) is 1.92. The average molecular weight is 1670 g/mol. The van der Waals surface area contributed by atoms with Crippen LogP contribution in [0.4, 0.5) is 22.7 Å². The van der Waals surface area contributed by atoms with Crippen molar-refractivity contribution < 1.29 is 78.0 Å². The van der Waals surface area contributed by atoms with Gasteiger partial charge in [-0.25, -0.2) is 9.59 Å². The van der Waals surface area contributed by atoms with E-state index < -0.39 is 122 Å². The average Bonchev–Trinajstić information content (AvgIpc) is 1.50. The van der Waals surface area contributed by atoms with E-state index in [0.29, 0.717) is 120 Å². The van der Waals surface area contributed by atoms with Gasteiger partial charge >= 0.3 is 23.9 Å². The molecule has 2 saturated carbocycles. The van der Waals surface area contributed by atoms with Crippen LogP contribution < -0.4 is 51.5 Å². The number of anilines is 4. The first-order valence-electron chi connectivity index (χ1n) is 36.6. The van der Waals surface area contributed by atoms with Crippen LogP contribution in [0, 0.1) is 0 Å². The summed E-state index contributed by atoms with van der Waals surface area (Å²) in [6, 6.07) is 17.7. The number of thioether (sulfide) groups is 2. The summed E-state index contributed by atoms with van der Waals surface area (Å²) in [7, 11) is 1.77. The Bertz CT molecular complexity index is 3820. The van der Waals surface area contributed by atoms with Gasteiger partial charge in [0.25, 0.3) is 0 Å². The highest BCUT2D eigenvalue weighted by atomic mass is 35.5. The van der Waals surface area contributed by atoms with Gasteiger partial charge < -0.3 is 71.9 Å². The van der Waals surface area contributed by atoms with E-state index in [2.05, 4.69) is 63.6 Å². The first-order valence-corrected chi connectivity index (χ1v) is 42.9. The number of para-hydroxylation sites is 4.